The molecule has 0 radical (unpaired) electrons. The van der Waals surface area contributed by atoms with Crippen LogP contribution in [0.5, 0.6) is 0 Å². The molecule has 1 aromatic carbocycles. The van der Waals surface area contributed by atoms with Crippen molar-refractivity contribution in [1.29, 1.82) is 0 Å². The Morgan fingerprint density at radius 1 is 1.05 bits per heavy atom. The van der Waals surface area contributed by atoms with Crippen LogP contribution in [0.15, 0.2) is 24.3 Å². The topological polar surface area (TPSA) is 32.5 Å². The van der Waals surface area contributed by atoms with E-state index in [-0.39, 0.29) is 0 Å². The second-order valence-electron chi connectivity index (χ2n) is 5.64. The molecule has 0 amide bonds. The smallest absolute Gasteiger partial charge is 0.0473 e. The predicted molar refractivity (Wildman–Crippen MR) is 88.0 cm³/mol. The Balaban J connectivity index is 2.93. The summed E-state index contributed by atoms with van der Waals surface area (Å²) in [7, 11) is 4.25. The van der Waals surface area contributed by atoms with E-state index in [9.17, 15) is 0 Å². The lowest BCUT2D eigenvalue weighted by Gasteiger charge is -2.33. The zero-order valence-corrected chi connectivity index (χ0v) is 13.6. The van der Waals surface area contributed by atoms with E-state index >= 15 is 0 Å². The quantitative estimate of drug-likeness (QED) is 0.753. The Kier molecular flexibility index (Phi) is 7.82. The van der Waals surface area contributed by atoms with Crippen molar-refractivity contribution in [2.24, 2.45) is 5.73 Å². The van der Waals surface area contributed by atoms with Gasteiger partial charge in [-0.2, -0.15) is 0 Å². The first-order valence-corrected chi connectivity index (χ1v) is 7.80. The van der Waals surface area contributed by atoms with Gasteiger partial charge in [0.05, 0.1) is 0 Å². The Morgan fingerprint density at radius 3 is 2.30 bits per heavy atom. The van der Waals surface area contributed by atoms with E-state index in [4.69, 9.17) is 5.73 Å². The lowest BCUT2D eigenvalue weighted by molar-refractivity contribution is 0.182. The van der Waals surface area contributed by atoms with Crippen LogP contribution in [0.25, 0.3) is 0 Å². The van der Waals surface area contributed by atoms with Gasteiger partial charge in [-0.3, -0.25) is 4.90 Å². The molecule has 0 spiro atoms. The van der Waals surface area contributed by atoms with Gasteiger partial charge < -0.3 is 10.6 Å². The summed E-state index contributed by atoms with van der Waals surface area (Å²) in [6.45, 7) is 8.39. The molecule has 0 fully saturated rings. The van der Waals surface area contributed by atoms with Crippen LogP contribution in [0, 0.1) is 0 Å². The summed E-state index contributed by atoms with van der Waals surface area (Å²) in [6.07, 6.45) is 2.23. The van der Waals surface area contributed by atoms with E-state index in [1.165, 1.54) is 11.1 Å². The number of hydrogen-bond acceptors (Lipinski definition) is 3. The van der Waals surface area contributed by atoms with E-state index in [1.807, 2.05) is 0 Å². The number of benzene rings is 1. The van der Waals surface area contributed by atoms with Crippen LogP contribution in [0.3, 0.4) is 0 Å². The molecule has 20 heavy (non-hydrogen) atoms. The van der Waals surface area contributed by atoms with Crippen molar-refractivity contribution < 1.29 is 0 Å². The van der Waals surface area contributed by atoms with Gasteiger partial charge in [-0.1, -0.05) is 38.1 Å². The third kappa shape index (κ3) is 4.89. The third-order valence-corrected chi connectivity index (χ3v) is 3.80. The molecule has 0 bridgehead atoms. The fraction of sp³-hybridized carbons (Fsp3) is 0.647. The molecular weight excluding hydrogens is 246 g/mol. The van der Waals surface area contributed by atoms with Crippen molar-refractivity contribution in [3.63, 3.8) is 0 Å². The second kappa shape index (κ2) is 9.11. The summed E-state index contributed by atoms with van der Waals surface area (Å²) < 4.78 is 0. The van der Waals surface area contributed by atoms with Crippen molar-refractivity contribution in [2.75, 3.05) is 40.3 Å². The van der Waals surface area contributed by atoms with Crippen molar-refractivity contribution in [3.05, 3.63) is 35.4 Å². The molecule has 0 aliphatic heterocycles. The number of rotatable bonds is 9. The van der Waals surface area contributed by atoms with Crippen LogP contribution in [0.1, 0.15) is 37.4 Å². The van der Waals surface area contributed by atoms with Gasteiger partial charge in [0.25, 0.3) is 0 Å². The van der Waals surface area contributed by atoms with Crippen molar-refractivity contribution in [1.82, 2.24) is 9.80 Å². The van der Waals surface area contributed by atoms with Crippen LogP contribution in [-0.2, 0) is 6.42 Å². The zero-order valence-electron chi connectivity index (χ0n) is 13.6. The molecule has 114 valence electrons. The molecule has 0 heterocycles. The normalized spacial score (nSPS) is 13.2. The molecule has 3 nitrogen and oxygen atoms in total. The first-order valence-electron chi connectivity index (χ1n) is 7.80. The predicted octanol–water partition coefficient (Wildman–Crippen LogP) is 2.52. The Hall–Kier alpha value is -0.900. The molecule has 1 unspecified atom stereocenters. The summed E-state index contributed by atoms with van der Waals surface area (Å²) in [5.41, 5.74) is 8.94. The average Bonchev–Trinajstić information content (AvgIpc) is 2.45. The zero-order chi connectivity index (χ0) is 15.0. The minimum atomic E-state index is 0.339. The largest absolute Gasteiger partial charge is 0.329 e. The van der Waals surface area contributed by atoms with E-state index in [2.05, 4.69) is 62.0 Å². The highest BCUT2D eigenvalue weighted by molar-refractivity contribution is 5.30. The van der Waals surface area contributed by atoms with Crippen molar-refractivity contribution >= 4 is 0 Å². The maximum atomic E-state index is 6.11. The van der Waals surface area contributed by atoms with Crippen molar-refractivity contribution in [2.45, 2.75) is 32.7 Å². The molecule has 0 aromatic heterocycles. The molecule has 1 aromatic rings. The van der Waals surface area contributed by atoms with E-state index < -0.39 is 0 Å². The van der Waals surface area contributed by atoms with Crippen LogP contribution in [0.4, 0.5) is 0 Å². The first kappa shape index (κ1) is 17.2. The van der Waals surface area contributed by atoms with Crippen molar-refractivity contribution in [3.8, 4) is 0 Å². The average molecular weight is 277 g/mol. The van der Waals surface area contributed by atoms with Crippen LogP contribution < -0.4 is 5.73 Å². The molecule has 2 N–H and O–H groups in total. The Bertz CT molecular complexity index is 376. The lowest BCUT2D eigenvalue weighted by Crippen LogP contribution is -2.39. The highest BCUT2D eigenvalue weighted by Gasteiger charge is 2.20. The molecule has 0 aliphatic carbocycles. The second-order valence-corrected chi connectivity index (χ2v) is 5.64. The van der Waals surface area contributed by atoms with Crippen LogP contribution >= 0.6 is 0 Å². The standard InChI is InChI=1S/C17H31N3/c1-5-11-20(13-12-19(3)4)17(14-18)16-10-8-7-9-15(16)6-2/h7-10,17H,5-6,11-14,18H2,1-4H3. The maximum absolute atomic E-state index is 6.11. The van der Waals surface area contributed by atoms with Gasteiger partial charge in [-0.15, -0.1) is 0 Å². The number of hydrogen-bond donors (Lipinski definition) is 1. The molecular formula is C17H31N3. The van der Waals surface area contributed by atoms with Crippen LogP contribution in [-0.4, -0.2) is 50.1 Å². The molecule has 3 heteroatoms. The Morgan fingerprint density at radius 2 is 1.75 bits per heavy atom. The highest BCUT2D eigenvalue weighted by Crippen LogP contribution is 2.24. The van der Waals surface area contributed by atoms with Gasteiger partial charge in [-0.25, -0.2) is 0 Å². The summed E-state index contributed by atoms with van der Waals surface area (Å²) in [6, 6.07) is 9.07. The van der Waals surface area contributed by atoms with Gasteiger partial charge in [0.15, 0.2) is 0 Å². The first-order chi connectivity index (χ1) is 9.63. The summed E-state index contributed by atoms with van der Waals surface area (Å²) in [5.74, 6) is 0. The number of aryl methyl sites for hydroxylation is 1. The molecule has 1 atom stereocenters. The lowest BCUT2D eigenvalue weighted by atomic mass is 9.97. The SMILES string of the molecule is CCCN(CCN(C)C)C(CN)c1ccccc1CC. The van der Waals surface area contributed by atoms with Gasteiger partial charge in [0, 0.05) is 25.7 Å². The number of nitrogens with zero attached hydrogens (tertiary/aromatic N) is 2. The minimum absolute atomic E-state index is 0.339. The minimum Gasteiger partial charge on any atom is -0.329 e. The van der Waals surface area contributed by atoms with E-state index in [0.717, 1.165) is 32.5 Å². The van der Waals surface area contributed by atoms with E-state index in [0.29, 0.717) is 12.6 Å². The summed E-state index contributed by atoms with van der Waals surface area (Å²) in [5, 5.41) is 0. The van der Waals surface area contributed by atoms with Crippen LogP contribution in [0.2, 0.25) is 0 Å². The fourth-order valence-electron chi connectivity index (χ4n) is 2.69. The maximum Gasteiger partial charge on any atom is 0.0473 e. The monoisotopic (exact) mass is 277 g/mol. The summed E-state index contributed by atoms with van der Waals surface area (Å²) >= 11 is 0. The molecule has 0 aliphatic rings. The molecule has 0 saturated carbocycles. The van der Waals surface area contributed by atoms with E-state index in [1.54, 1.807) is 0 Å². The molecule has 0 saturated heterocycles. The van der Waals surface area contributed by atoms with Gasteiger partial charge in [0.1, 0.15) is 0 Å². The van der Waals surface area contributed by atoms with Gasteiger partial charge in [0.2, 0.25) is 0 Å². The number of nitrogens with two attached hydrogens (primary N) is 1. The van der Waals surface area contributed by atoms with Gasteiger partial charge in [-0.05, 0) is 44.6 Å². The molecule has 1 rings (SSSR count). The fourth-order valence-corrected chi connectivity index (χ4v) is 2.69. The highest BCUT2D eigenvalue weighted by atomic mass is 15.2. The number of likely N-dealkylation sites (N-methyl/N-ethyl adjacent to an activating group) is 1. The summed E-state index contributed by atoms with van der Waals surface area (Å²) in [4.78, 5) is 4.77. The Labute approximate surface area is 124 Å². The van der Waals surface area contributed by atoms with Gasteiger partial charge >= 0.3 is 0 Å². The third-order valence-electron chi connectivity index (χ3n) is 3.80.